The van der Waals surface area contributed by atoms with Crippen molar-refractivity contribution in [2.24, 2.45) is 11.1 Å². The standard InChI is InChI=1S/C23H28Cl2FNO4/c1-3-6-15-9-21(28)23(22(29)10-15)20(4-2)27-31-18(7-5-8-24)14-30-19-12-16(25)11-17(26)13-19/h5,8,11-13,15,18,28H,3-4,6-7,9-10,14H2,1-2H3/b8-5-,27-20-. The molecule has 5 nitrogen and oxygen atoms in total. The van der Waals surface area contributed by atoms with Crippen molar-refractivity contribution in [1.82, 2.24) is 0 Å². The van der Waals surface area contributed by atoms with Crippen molar-refractivity contribution in [3.8, 4) is 5.75 Å². The van der Waals surface area contributed by atoms with Crippen LogP contribution in [0.4, 0.5) is 4.39 Å². The van der Waals surface area contributed by atoms with Crippen molar-refractivity contribution >= 4 is 34.7 Å². The lowest BCUT2D eigenvalue weighted by molar-refractivity contribution is -0.116. The Kier molecular flexibility index (Phi) is 10.3. The first-order chi connectivity index (χ1) is 14.9. The molecular formula is C23H28Cl2FNO4. The van der Waals surface area contributed by atoms with Gasteiger partial charge in [-0.25, -0.2) is 4.39 Å². The summed E-state index contributed by atoms with van der Waals surface area (Å²) >= 11 is 11.5. The van der Waals surface area contributed by atoms with E-state index in [0.717, 1.165) is 12.8 Å². The fourth-order valence-electron chi connectivity index (χ4n) is 3.48. The van der Waals surface area contributed by atoms with Crippen LogP contribution >= 0.6 is 23.2 Å². The zero-order chi connectivity index (χ0) is 22.8. The van der Waals surface area contributed by atoms with Crippen LogP contribution in [-0.4, -0.2) is 29.3 Å². The highest BCUT2D eigenvalue weighted by Crippen LogP contribution is 2.30. The first-order valence-electron chi connectivity index (χ1n) is 10.4. The molecule has 0 fully saturated rings. The minimum Gasteiger partial charge on any atom is -0.511 e. The molecule has 1 aliphatic rings. The van der Waals surface area contributed by atoms with Gasteiger partial charge in [-0.3, -0.25) is 4.79 Å². The first kappa shape index (κ1) is 25.2. The van der Waals surface area contributed by atoms with Gasteiger partial charge in [0.1, 0.15) is 23.9 Å². The highest BCUT2D eigenvalue weighted by Gasteiger charge is 2.30. The average molecular weight is 472 g/mol. The number of allylic oxidation sites excluding steroid dienone is 2. The summed E-state index contributed by atoms with van der Waals surface area (Å²) in [6.07, 6.45) is 4.65. The number of aliphatic hydroxyl groups is 1. The SMILES string of the molecule is CCCC1CC(=O)C(/C(CC)=N\OC(C/C=C\Cl)COc2cc(F)cc(Cl)c2)=C(O)C1. The molecule has 0 aliphatic heterocycles. The van der Waals surface area contributed by atoms with E-state index in [4.69, 9.17) is 32.8 Å². The van der Waals surface area contributed by atoms with Gasteiger partial charge in [0.25, 0.3) is 0 Å². The lowest BCUT2D eigenvalue weighted by Gasteiger charge is -2.23. The molecule has 0 bridgehead atoms. The van der Waals surface area contributed by atoms with Gasteiger partial charge in [0.15, 0.2) is 11.9 Å². The molecule has 2 unspecified atom stereocenters. The molecule has 1 aromatic rings. The zero-order valence-electron chi connectivity index (χ0n) is 17.7. The summed E-state index contributed by atoms with van der Waals surface area (Å²) in [5.41, 5.74) is 2.00. The number of carbonyl (C=O) groups is 1. The third-order valence-corrected chi connectivity index (χ3v) is 5.31. The van der Waals surface area contributed by atoms with Gasteiger partial charge in [-0.2, -0.15) is 0 Å². The van der Waals surface area contributed by atoms with Crippen molar-refractivity contribution < 1.29 is 23.9 Å². The van der Waals surface area contributed by atoms with Gasteiger partial charge < -0.3 is 14.7 Å². The summed E-state index contributed by atoms with van der Waals surface area (Å²) in [5, 5.41) is 14.9. The van der Waals surface area contributed by atoms with Gasteiger partial charge in [-0.1, -0.05) is 54.7 Å². The Bertz CT molecular complexity index is 834. The summed E-state index contributed by atoms with van der Waals surface area (Å²) in [4.78, 5) is 18.3. The highest BCUT2D eigenvalue weighted by atomic mass is 35.5. The fourth-order valence-corrected chi connectivity index (χ4v) is 3.80. The minimum absolute atomic E-state index is 0.0546. The molecule has 2 atom stereocenters. The number of rotatable bonds is 11. The average Bonchev–Trinajstić information content (AvgIpc) is 2.70. The van der Waals surface area contributed by atoms with Crippen LogP contribution in [0.25, 0.3) is 0 Å². The maximum absolute atomic E-state index is 13.5. The van der Waals surface area contributed by atoms with Gasteiger partial charge in [-0.15, -0.1) is 0 Å². The van der Waals surface area contributed by atoms with Crippen LogP contribution in [0.15, 0.2) is 46.3 Å². The van der Waals surface area contributed by atoms with E-state index in [1.165, 1.54) is 23.7 Å². The Hall–Kier alpha value is -2.05. The number of ketones is 1. The second-order valence-corrected chi connectivity index (χ2v) is 8.13. The van der Waals surface area contributed by atoms with Gasteiger partial charge in [-0.05, 0) is 30.9 Å². The molecule has 1 aromatic carbocycles. The zero-order valence-corrected chi connectivity index (χ0v) is 19.3. The van der Waals surface area contributed by atoms with Crippen LogP contribution < -0.4 is 4.74 Å². The van der Waals surface area contributed by atoms with Gasteiger partial charge in [0.2, 0.25) is 0 Å². The number of aliphatic hydroxyl groups excluding tert-OH is 1. The van der Waals surface area contributed by atoms with Crippen molar-refractivity contribution in [3.63, 3.8) is 0 Å². The summed E-state index contributed by atoms with van der Waals surface area (Å²) in [6.45, 7) is 3.95. The summed E-state index contributed by atoms with van der Waals surface area (Å²) in [5.74, 6) is -0.131. The molecule has 170 valence electrons. The topological polar surface area (TPSA) is 68.1 Å². The maximum atomic E-state index is 13.5. The monoisotopic (exact) mass is 471 g/mol. The molecule has 0 radical (unpaired) electrons. The number of hydrogen-bond acceptors (Lipinski definition) is 5. The third-order valence-electron chi connectivity index (χ3n) is 4.92. The van der Waals surface area contributed by atoms with Gasteiger partial charge in [0.05, 0.1) is 11.3 Å². The molecular weight excluding hydrogens is 444 g/mol. The second-order valence-electron chi connectivity index (χ2n) is 7.44. The maximum Gasteiger partial charge on any atom is 0.168 e. The Morgan fingerprint density at radius 2 is 2.13 bits per heavy atom. The molecule has 0 heterocycles. The van der Waals surface area contributed by atoms with Crippen molar-refractivity contribution in [1.29, 1.82) is 0 Å². The van der Waals surface area contributed by atoms with E-state index in [1.807, 2.05) is 6.92 Å². The van der Waals surface area contributed by atoms with Crippen LogP contribution in [0.1, 0.15) is 52.4 Å². The number of ether oxygens (including phenoxy) is 1. The lowest BCUT2D eigenvalue weighted by atomic mass is 9.82. The van der Waals surface area contributed by atoms with E-state index >= 15 is 0 Å². The number of halogens is 3. The smallest absolute Gasteiger partial charge is 0.168 e. The van der Waals surface area contributed by atoms with Crippen LogP contribution in [0, 0.1) is 11.7 Å². The van der Waals surface area contributed by atoms with Crippen molar-refractivity contribution in [2.45, 2.75) is 58.5 Å². The van der Waals surface area contributed by atoms with Crippen LogP contribution in [0.2, 0.25) is 5.02 Å². The second kappa shape index (κ2) is 12.7. The molecule has 2 rings (SSSR count). The number of benzene rings is 1. The highest BCUT2D eigenvalue weighted by molar-refractivity contribution is 6.30. The Balaban J connectivity index is 2.13. The number of oxime groups is 1. The predicted molar refractivity (Wildman–Crippen MR) is 121 cm³/mol. The first-order valence-corrected chi connectivity index (χ1v) is 11.2. The number of hydrogen-bond donors (Lipinski definition) is 1. The van der Waals surface area contributed by atoms with E-state index in [-0.39, 0.29) is 40.4 Å². The molecule has 0 saturated carbocycles. The summed E-state index contributed by atoms with van der Waals surface area (Å²) in [6, 6.07) is 3.90. The van der Waals surface area contributed by atoms with Crippen LogP contribution in [0.3, 0.4) is 0 Å². The van der Waals surface area contributed by atoms with E-state index in [1.54, 1.807) is 6.08 Å². The largest absolute Gasteiger partial charge is 0.511 e. The van der Waals surface area contributed by atoms with Crippen LogP contribution in [-0.2, 0) is 9.63 Å². The van der Waals surface area contributed by atoms with Gasteiger partial charge >= 0.3 is 0 Å². The Labute approximate surface area is 192 Å². The third kappa shape index (κ3) is 7.86. The minimum atomic E-state index is -0.548. The fraction of sp³-hybridized carbons (Fsp3) is 0.478. The molecule has 31 heavy (non-hydrogen) atoms. The predicted octanol–water partition coefficient (Wildman–Crippen LogP) is 6.74. The Morgan fingerprint density at radius 3 is 2.74 bits per heavy atom. The lowest BCUT2D eigenvalue weighted by Crippen LogP contribution is -2.25. The van der Waals surface area contributed by atoms with E-state index in [9.17, 15) is 14.3 Å². The molecule has 0 saturated heterocycles. The summed E-state index contributed by atoms with van der Waals surface area (Å²) < 4.78 is 19.1. The van der Waals surface area contributed by atoms with Crippen molar-refractivity contribution in [2.75, 3.05) is 6.61 Å². The quantitative estimate of drug-likeness (QED) is 0.286. The number of Topliss-reactive ketones (excluding diaryl/α,β-unsaturated/α-hetero) is 1. The van der Waals surface area contributed by atoms with E-state index < -0.39 is 11.9 Å². The normalized spacial score (nSPS) is 18.5. The summed E-state index contributed by atoms with van der Waals surface area (Å²) in [7, 11) is 0. The van der Waals surface area contributed by atoms with Crippen LogP contribution in [0.5, 0.6) is 5.75 Å². The number of carbonyl (C=O) groups excluding carboxylic acids is 1. The Morgan fingerprint density at radius 1 is 1.35 bits per heavy atom. The molecule has 8 heteroatoms. The molecule has 0 spiro atoms. The molecule has 0 amide bonds. The van der Waals surface area contributed by atoms with Gasteiger partial charge in [0, 0.05) is 35.9 Å². The number of nitrogens with zero attached hydrogens (tertiary/aromatic N) is 1. The molecule has 0 aromatic heterocycles. The molecule has 1 N–H and O–H groups in total. The van der Waals surface area contributed by atoms with Crippen molar-refractivity contribution in [3.05, 3.63) is 52.0 Å². The van der Waals surface area contributed by atoms with E-state index in [2.05, 4.69) is 12.1 Å². The molecule has 1 aliphatic carbocycles. The van der Waals surface area contributed by atoms with E-state index in [0.29, 0.717) is 31.4 Å².